The minimum absolute atomic E-state index is 0.00921. The van der Waals surface area contributed by atoms with Crippen LogP contribution in [-0.4, -0.2) is 25.8 Å². The predicted molar refractivity (Wildman–Crippen MR) is 76.1 cm³/mol. The molecule has 1 aliphatic heterocycles. The summed E-state index contributed by atoms with van der Waals surface area (Å²) < 4.78 is 40.1. The van der Waals surface area contributed by atoms with Crippen molar-refractivity contribution in [1.82, 2.24) is 4.31 Å². The minimum atomic E-state index is -3.65. The molecule has 1 saturated heterocycles. The van der Waals surface area contributed by atoms with Crippen molar-refractivity contribution in [3.05, 3.63) is 29.6 Å². The highest BCUT2D eigenvalue weighted by Crippen LogP contribution is 2.27. The Morgan fingerprint density at radius 2 is 2.00 bits per heavy atom. The molecule has 1 fully saturated rings. The summed E-state index contributed by atoms with van der Waals surface area (Å²) in [5.41, 5.74) is 6.03. The van der Waals surface area contributed by atoms with E-state index in [9.17, 15) is 12.8 Å². The summed E-state index contributed by atoms with van der Waals surface area (Å²) in [4.78, 5) is 0.00921. The molecule has 1 aromatic rings. The topological polar surface area (TPSA) is 63.4 Å². The van der Waals surface area contributed by atoms with E-state index in [1.54, 1.807) is 0 Å². The molecule has 2 N–H and O–H groups in total. The van der Waals surface area contributed by atoms with Crippen molar-refractivity contribution in [2.24, 2.45) is 11.7 Å². The number of hydrogen-bond acceptors (Lipinski definition) is 3. The lowest BCUT2D eigenvalue weighted by Gasteiger charge is -2.31. The molecule has 4 nitrogen and oxygen atoms in total. The molecular weight excluding hydrogens is 279 g/mol. The third-order valence-corrected chi connectivity index (χ3v) is 6.00. The quantitative estimate of drug-likeness (QED) is 0.926. The minimum Gasteiger partial charge on any atom is -0.326 e. The molecule has 0 aromatic heterocycles. The number of halogens is 1. The molecule has 112 valence electrons. The normalized spacial score (nSPS) is 18.4. The van der Waals surface area contributed by atoms with Crippen LogP contribution in [0.25, 0.3) is 0 Å². The number of hydrogen-bond donors (Lipinski definition) is 1. The standard InChI is InChI=1S/C14H21FN2O2S/c1-2-11-5-7-17(8-6-11)20(18,19)14-9-13(15)4-3-12(14)10-16/h3-4,9,11H,2,5-8,10,16H2,1H3. The van der Waals surface area contributed by atoms with Gasteiger partial charge in [0.25, 0.3) is 0 Å². The number of piperidine rings is 1. The molecule has 0 atom stereocenters. The molecule has 1 aliphatic rings. The van der Waals surface area contributed by atoms with Crippen LogP contribution in [-0.2, 0) is 16.6 Å². The van der Waals surface area contributed by atoms with E-state index in [4.69, 9.17) is 5.73 Å². The van der Waals surface area contributed by atoms with Gasteiger partial charge >= 0.3 is 0 Å². The lowest BCUT2D eigenvalue weighted by Crippen LogP contribution is -2.38. The van der Waals surface area contributed by atoms with Crippen molar-refractivity contribution in [3.8, 4) is 0 Å². The number of nitrogens with zero attached hydrogens (tertiary/aromatic N) is 1. The monoisotopic (exact) mass is 300 g/mol. The summed E-state index contributed by atoms with van der Waals surface area (Å²) >= 11 is 0. The maximum Gasteiger partial charge on any atom is 0.243 e. The van der Waals surface area contributed by atoms with Crippen LogP contribution in [0.1, 0.15) is 31.7 Å². The number of rotatable bonds is 4. The Morgan fingerprint density at radius 1 is 1.35 bits per heavy atom. The van der Waals surface area contributed by atoms with Gasteiger partial charge in [0.2, 0.25) is 10.0 Å². The van der Waals surface area contributed by atoms with Crippen LogP contribution in [0, 0.1) is 11.7 Å². The molecule has 0 bridgehead atoms. The first kappa shape index (κ1) is 15.4. The van der Waals surface area contributed by atoms with Gasteiger partial charge in [-0.2, -0.15) is 4.31 Å². The number of sulfonamides is 1. The number of benzene rings is 1. The molecule has 0 amide bonds. The van der Waals surface area contributed by atoms with Crippen molar-refractivity contribution in [2.45, 2.75) is 37.6 Å². The van der Waals surface area contributed by atoms with E-state index < -0.39 is 15.8 Å². The van der Waals surface area contributed by atoms with E-state index in [0.717, 1.165) is 25.3 Å². The summed E-state index contributed by atoms with van der Waals surface area (Å²) in [5, 5.41) is 0. The summed E-state index contributed by atoms with van der Waals surface area (Å²) in [6.07, 6.45) is 2.80. The Kier molecular flexibility index (Phi) is 4.78. The summed E-state index contributed by atoms with van der Waals surface area (Å²) in [6.45, 7) is 3.21. The average Bonchev–Trinajstić information content (AvgIpc) is 2.47. The zero-order valence-corrected chi connectivity index (χ0v) is 12.5. The number of nitrogens with two attached hydrogens (primary N) is 1. The zero-order chi connectivity index (χ0) is 14.8. The van der Waals surface area contributed by atoms with Gasteiger partial charge in [-0.15, -0.1) is 0 Å². The highest BCUT2D eigenvalue weighted by atomic mass is 32.2. The molecule has 0 aliphatic carbocycles. The van der Waals surface area contributed by atoms with E-state index in [2.05, 4.69) is 6.92 Å². The molecule has 0 spiro atoms. The molecule has 0 unspecified atom stereocenters. The first-order valence-corrected chi connectivity index (χ1v) is 8.41. The Morgan fingerprint density at radius 3 is 2.55 bits per heavy atom. The molecule has 1 heterocycles. The maximum absolute atomic E-state index is 13.4. The second kappa shape index (κ2) is 6.20. The van der Waals surface area contributed by atoms with Crippen molar-refractivity contribution < 1.29 is 12.8 Å². The van der Waals surface area contributed by atoms with E-state index in [-0.39, 0.29) is 11.4 Å². The van der Waals surface area contributed by atoms with Gasteiger partial charge in [0, 0.05) is 19.6 Å². The van der Waals surface area contributed by atoms with E-state index in [0.29, 0.717) is 24.6 Å². The van der Waals surface area contributed by atoms with Crippen molar-refractivity contribution in [2.75, 3.05) is 13.1 Å². The molecule has 20 heavy (non-hydrogen) atoms. The van der Waals surface area contributed by atoms with Gasteiger partial charge in [-0.1, -0.05) is 19.4 Å². The van der Waals surface area contributed by atoms with Gasteiger partial charge in [0.05, 0.1) is 4.90 Å². The highest BCUT2D eigenvalue weighted by molar-refractivity contribution is 7.89. The van der Waals surface area contributed by atoms with Crippen LogP contribution in [0.5, 0.6) is 0 Å². The second-order valence-corrected chi connectivity index (χ2v) is 7.12. The molecule has 0 radical (unpaired) electrons. The van der Waals surface area contributed by atoms with Crippen LogP contribution in [0.4, 0.5) is 4.39 Å². The van der Waals surface area contributed by atoms with Gasteiger partial charge < -0.3 is 5.73 Å². The zero-order valence-electron chi connectivity index (χ0n) is 11.7. The van der Waals surface area contributed by atoms with Crippen molar-refractivity contribution >= 4 is 10.0 Å². The van der Waals surface area contributed by atoms with E-state index >= 15 is 0 Å². The van der Waals surface area contributed by atoms with Crippen LogP contribution >= 0.6 is 0 Å². The molecule has 1 aromatic carbocycles. The van der Waals surface area contributed by atoms with Gasteiger partial charge in [0.1, 0.15) is 5.82 Å². The Bertz CT molecular complexity index is 567. The molecule has 2 rings (SSSR count). The van der Waals surface area contributed by atoms with Gasteiger partial charge in [-0.3, -0.25) is 0 Å². The highest BCUT2D eigenvalue weighted by Gasteiger charge is 2.30. The molecule has 6 heteroatoms. The second-order valence-electron chi connectivity index (χ2n) is 5.21. The van der Waals surface area contributed by atoms with E-state index in [1.165, 1.54) is 16.4 Å². The Hall–Kier alpha value is -0.980. The van der Waals surface area contributed by atoms with Crippen molar-refractivity contribution in [3.63, 3.8) is 0 Å². The fourth-order valence-corrected chi connectivity index (χ4v) is 4.35. The van der Waals surface area contributed by atoms with Crippen LogP contribution in [0.15, 0.2) is 23.1 Å². The largest absolute Gasteiger partial charge is 0.326 e. The third-order valence-electron chi connectivity index (χ3n) is 4.02. The fraction of sp³-hybridized carbons (Fsp3) is 0.571. The maximum atomic E-state index is 13.4. The molecule has 0 saturated carbocycles. The first-order chi connectivity index (χ1) is 9.48. The van der Waals surface area contributed by atoms with E-state index in [1.807, 2.05) is 0 Å². The van der Waals surface area contributed by atoms with Crippen LogP contribution in [0.3, 0.4) is 0 Å². The average molecular weight is 300 g/mol. The summed E-state index contributed by atoms with van der Waals surface area (Å²) in [6, 6.07) is 3.76. The third kappa shape index (κ3) is 3.02. The van der Waals surface area contributed by atoms with Crippen LogP contribution in [0.2, 0.25) is 0 Å². The lowest BCUT2D eigenvalue weighted by molar-refractivity contribution is 0.269. The van der Waals surface area contributed by atoms with Crippen molar-refractivity contribution in [1.29, 1.82) is 0 Å². The first-order valence-electron chi connectivity index (χ1n) is 6.97. The van der Waals surface area contributed by atoms with Crippen LogP contribution < -0.4 is 5.73 Å². The Labute approximate surface area is 119 Å². The SMILES string of the molecule is CCC1CCN(S(=O)(=O)c2cc(F)ccc2CN)CC1. The van der Waals surface area contributed by atoms with Gasteiger partial charge in [-0.05, 0) is 36.5 Å². The summed E-state index contributed by atoms with van der Waals surface area (Å²) in [5.74, 6) is 0.0344. The predicted octanol–water partition coefficient (Wildman–Crippen LogP) is 2.10. The fourth-order valence-electron chi connectivity index (χ4n) is 2.63. The summed E-state index contributed by atoms with van der Waals surface area (Å²) in [7, 11) is -3.65. The van der Waals surface area contributed by atoms with Gasteiger partial charge in [0.15, 0.2) is 0 Å². The van der Waals surface area contributed by atoms with Gasteiger partial charge in [-0.25, -0.2) is 12.8 Å². The molecular formula is C14H21FN2O2S. The Balaban J connectivity index is 2.29. The smallest absolute Gasteiger partial charge is 0.243 e. The lowest BCUT2D eigenvalue weighted by atomic mass is 9.96.